The quantitative estimate of drug-likeness (QED) is 0.737. The molecule has 0 bridgehead atoms. The Balaban J connectivity index is 1.60. The van der Waals surface area contributed by atoms with Crippen LogP contribution in [0.4, 0.5) is 10.8 Å². The highest BCUT2D eigenvalue weighted by atomic mass is 32.1. The summed E-state index contributed by atoms with van der Waals surface area (Å²) in [7, 11) is 1.79. The molecule has 0 saturated heterocycles. The Morgan fingerprint density at radius 2 is 2.04 bits per heavy atom. The van der Waals surface area contributed by atoms with Crippen LogP contribution in [0.3, 0.4) is 0 Å². The molecule has 1 aromatic carbocycles. The number of furan rings is 1. The van der Waals surface area contributed by atoms with Crippen LogP contribution in [-0.4, -0.2) is 23.8 Å². The molecule has 6 nitrogen and oxygen atoms in total. The minimum atomic E-state index is -0.565. The number of rotatable bonds is 3. The maximum atomic E-state index is 12.4. The molecule has 4 rings (SSSR count). The number of amides is 2. The van der Waals surface area contributed by atoms with E-state index in [1.54, 1.807) is 31.0 Å². The van der Waals surface area contributed by atoms with Crippen molar-refractivity contribution in [3.63, 3.8) is 0 Å². The number of benzene rings is 1. The van der Waals surface area contributed by atoms with E-state index in [0.29, 0.717) is 10.9 Å². The Kier molecular flexibility index (Phi) is 3.92. The van der Waals surface area contributed by atoms with Gasteiger partial charge in [0.1, 0.15) is 5.76 Å². The fourth-order valence-corrected chi connectivity index (χ4v) is 4.03. The van der Waals surface area contributed by atoms with Crippen LogP contribution < -0.4 is 10.2 Å². The van der Waals surface area contributed by atoms with Crippen molar-refractivity contribution < 1.29 is 14.0 Å². The van der Waals surface area contributed by atoms with E-state index in [1.165, 1.54) is 11.3 Å². The number of aryl methyl sites for hydroxylation is 1. The number of hydrogen-bond acceptors (Lipinski definition) is 5. The first kappa shape index (κ1) is 17.5. The average Bonchev–Trinajstić information content (AvgIpc) is 3.32. The molecule has 27 heavy (non-hydrogen) atoms. The molecule has 0 radical (unpaired) electrons. The molecule has 0 atom stereocenters. The normalized spacial score (nSPS) is 15.1. The Hall–Kier alpha value is -2.93. The van der Waals surface area contributed by atoms with Gasteiger partial charge < -0.3 is 9.32 Å². The summed E-state index contributed by atoms with van der Waals surface area (Å²) in [6.07, 6.45) is 0. The molecule has 2 aromatic heterocycles. The lowest BCUT2D eigenvalue weighted by Gasteiger charge is -2.16. The molecule has 0 fully saturated rings. The number of anilines is 2. The molecule has 3 aromatic rings. The number of nitrogens with one attached hydrogen (secondary N) is 1. The summed E-state index contributed by atoms with van der Waals surface area (Å²) in [5.74, 6) is 0.686. The monoisotopic (exact) mass is 381 g/mol. The van der Waals surface area contributed by atoms with Crippen LogP contribution in [0.15, 0.2) is 40.1 Å². The van der Waals surface area contributed by atoms with Crippen LogP contribution in [-0.2, 0) is 10.2 Å². The van der Waals surface area contributed by atoms with E-state index in [0.717, 1.165) is 22.5 Å². The van der Waals surface area contributed by atoms with Crippen molar-refractivity contribution >= 4 is 34.0 Å². The van der Waals surface area contributed by atoms with Gasteiger partial charge in [0, 0.05) is 23.7 Å². The lowest BCUT2D eigenvalue weighted by Crippen LogP contribution is -2.33. The number of aromatic nitrogens is 1. The van der Waals surface area contributed by atoms with Gasteiger partial charge in [0.05, 0.1) is 11.1 Å². The minimum absolute atomic E-state index is 0.0784. The predicted molar refractivity (Wildman–Crippen MR) is 105 cm³/mol. The summed E-state index contributed by atoms with van der Waals surface area (Å²) in [5, 5.41) is 5.14. The molecule has 138 valence electrons. The van der Waals surface area contributed by atoms with E-state index in [2.05, 4.69) is 10.3 Å². The van der Waals surface area contributed by atoms with E-state index < -0.39 is 5.41 Å². The molecule has 3 heterocycles. The number of thiazole rings is 1. The van der Waals surface area contributed by atoms with Gasteiger partial charge in [-0.15, -0.1) is 11.3 Å². The summed E-state index contributed by atoms with van der Waals surface area (Å²) in [6.45, 7) is 5.65. The van der Waals surface area contributed by atoms with Gasteiger partial charge in [0.25, 0.3) is 5.91 Å². The molecule has 0 saturated carbocycles. The van der Waals surface area contributed by atoms with E-state index >= 15 is 0 Å². The number of fused-ring (bicyclic) bond motifs is 1. The molecule has 1 aliphatic heterocycles. The largest absolute Gasteiger partial charge is 0.456 e. The van der Waals surface area contributed by atoms with Gasteiger partial charge in [-0.3, -0.25) is 14.9 Å². The second-order valence-corrected chi connectivity index (χ2v) is 7.98. The van der Waals surface area contributed by atoms with Crippen molar-refractivity contribution in [1.82, 2.24) is 4.98 Å². The zero-order chi connectivity index (χ0) is 19.3. The number of carbonyl (C=O) groups is 2. The third-order valence-electron chi connectivity index (χ3n) is 4.86. The van der Waals surface area contributed by atoms with Gasteiger partial charge in [-0.05, 0) is 50.6 Å². The molecular weight excluding hydrogens is 362 g/mol. The summed E-state index contributed by atoms with van der Waals surface area (Å²) in [6, 6.07) is 9.27. The van der Waals surface area contributed by atoms with E-state index in [4.69, 9.17) is 4.42 Å². The van der Waals surface area contributed by atoms with Crippen LogP contribution in [0.25, 0.3) is 11.3 Å². The second kappa shape index (κ2) is 6.06. The van der Waals surface area contributed by atoms with Gasteiger partial charge >= 0.3 is 0 Å². The lowest BCUT2D eigenvalue weighted by molar-refractivity contribution is -0.121. The zero-order valence-corrected chi connectivity index (χ0v) is 16.3. The third kappa shape index (κ3) is 2.84. The topological polar surface area (TPSA) is 75.4 Å². The summed E-state index contributed by atoms with van der Waals surface area (Å²) < 4.78 is 5.33. The first-order valence-corrected chi connectivity index (χ1v) is 9.42. The van der Waals surface area contributed by atoms with E-state index in [-0.39, 0.29) is 17.6 Å². The van der Waals surface area contributed by atoms with Crippen molar-refractivity contribution in [2.24, 2.45) is 0 Å². The molecule has 0 aliphatic carbocycles. The molecule has 0 spiro atoms. The Bertz CT molecular complexity index is 1060. The van der Waals surface area contributed by atoms with Crippen LogP contribution in [0.5, 0.6) is 0 Å². The van der Waals surface area contributed by atoms with Gasteiger partial charge in [-0.1, -0.05) is 6.07 Å². The van der Waals surface area contributed by atoms with Crippen molar-refractivity contribution in [3.05, 3.63) is 52.8 Å². The van der Waals surface area contributed by atoms with Crippen molar-refractivity contribution in [1.29, 1.82) is 0 Å². The third-order valence-corrected chi connectivity index (χ3v) is 5.61. The SMILES string of the molecule is Cc1ccc(C(=O)Nc2nc(-c3ccc4c(c3)C(C)(C)C(=O)N4C)cs2)o1. The van der Waals surface area contributed by atoms with Crippen LogP contribution in [0.1, 0.15) is 35.7 Å². The predicted octanol–water partition coefficient (Wildman–Crippen LogP) is 4.22. The molecule has 1 aliphatic rings. The highest BCUT2D eigenvalue weighted by Gasteiger charge is 2.42. The fourth-order valence-electron chi connectivity index (χ4n) is 3.31. The number of nitrogens with zero attached hydrogens (tertiary/aromatic N) is 2. The maximum absolute atomic E-state index is 12.4. The van der Waals surface area contributed by atoms with Gasteiger partial charge in [0.2, 0.25) is 5.91 Å². The summed E-state index contributed by atoms with van der Waals surface area (Å²) >= 11 is 1.35. The van der Waals surface area contributed by atoms with Crippen LogP contribution >= 0.6 is 11.3 Å². The molecular formula is C20H19N3O3S. The summed E-state index contributed by atoms with van der Waals surface area (Å²) in [4.78, 5) is 30.9. The number of likely N-dealkylation sites (N-methyl/N-ethyl adjacent to an activating group) is 1. The van der Waals surface area contributed by atoms with Crippen molar-refractivity contribution in [2.75, 3.05) is 17.3 Å². The second-order valence-electron chi connectivity index (χ2n) is 7.12. The molecule has 1 N–H and O–H groups in total. The van der Waals surface area contributed by atoms with E-state index in [9.17, 15) is 9.59 Å². The molecule has 0 unspecified atom stereocenters. The highest BCUT2D eigenvalue weighted by Crippen LogP contribution is 2.42. The highest BCUT2D eigenvalue weighted by molar-refractivity contribution is 7.14. The van der Waals surface area contributed by atoms with Gasteiger partial charge in [-0.25, -0.2) is 4.98 Å². The van der Waals surface area contributed by atoms with Crippen molar-refractivity contribution in [2.45, 2.75) is 26.2 Å². The summed E-state index contributed by atoms with van der Waals surface area (Å²) in [5.41, 5.74) is 3.01. The fraction of sp³-hybridized carbons (Fsp3) is 0.250. The van der Waals surface area contributed by atoms with Gasteiger partial charge in [0.15, 0.2) is 10.9 Å². The lowest BCUT2D eigenvalue weighted by atomic mass is 9.85. The van der Waals surface area contributed by atoms with Crippen molar-refractivity contribution in [3.8, 4) is 11.3 Å². The van der Waals surface area contributed by atoms with Gasteiger partial charge in [-0.2, -0.15) is 0 Å². The standard InChI is InChI=1S/C20H19N3O3S/c1-11-5-8-16(26-11)17(24)22-19-21-14(10-27-19)12-6-7-15-13(9-12)20(2,3)18(25)23(15)4/h5-10H,1-4H3,(H,21,22,24). The average molecular weight is 381 g/mol. The smallest absolute Gasteiger partial charge is 0.293 e. The number of carbonyl (C=O) groups excluding carboxylic acids is 2. The van der Waals surface area contributed by atoms with Crippen LogP contribution in [0.2, 0.25) is 0 Å². The Morgan fingerprint density at radius 1 is 1.26 bits per heavy atom. The first-order chi connectivity index (χ1) is 12.8. The molecule has 2 amide bonds. The Labute approximate surface area is 160 Å². The minimum Gasteiger partial charge on any atom is -0.456 e. The van der Waals surface area contributed by atoms with E-state index in [1.807, 2.05) is 37.4 Å². The zero-order valence-electron chi connectivity index (χ0n) is 15.5. The Morgan fingerprint density at radius 3 is 2.74 bits per heavy atom. The maximum Gasteiger partial charge on any atom is 0.293 e. The van der Waals surface area contributed by atoms with Crippen LogP contribution in [0, 0.1) is 6.92 Å². The first-order valence-electron chi connectivity index (χ1n) is 8.54. The number of hydrogen-bond donors (Lipinski definition) is 1. The molecule has 7 heteroatoms.